The van der Waals surface area contributed by atoms with Gasteiger partial charge in [0.15, 0.2) is 0 Å². The second kappa shape index (κ2) is 23.0. The van der Waals surface area contributed by atoms with Crippen LogP contribution in [0.3, 0.4) is 0 Å². The van der Waals surface area contributed by atoms with Gasteiger partial charge in [-0.1, -0.05) is 143 Å². The van der Waals surface area contributed by atoms with Crippen molar-refractivity contribution in [3.05, 3.63) is 18.7 Å². The first kappa shape index (κ1) is 30.2. The van der Waals surface area contributed by atoms with Gasteiger partial charge in [-0.05, 0) is 25.2 Å². The lowest BCUT2D eigenvalue weighted by Gasteiger charge is -2.12. The van der Waals surface area contributed by atoms with E-state index >= 15 is 0 Å². The van der Waals surface area contributed by atoms with Gasteiger partial charge in [0.1, 0.15) is 12.4 Å². The number of imidazole rings is 1. The van der Waals surface area contributed by atoms with Crippen LogP contribution in [0.25, 0.3) is 0 Å². The van der Waals surface area contributed by atoms with Crippen molar-refractivity contribution < 1.29 is 4.57 Å². The Labute approximate surface area is 208 Å². The molecular weight excluding hydrogens is 400 g/mol. The maximum absolute atomic E-state index is 2.41. The summed E-state index contributed by atoms with van der Waals surface area (Å²) in [4.78, 5) is 0. The molecule has 1 aromatic rings. The van der Waals surface area contributed by atoms with Crippen LogP contribution in [0.2, 0.25) is 0 Å². The molecule has 1 atom stereocenters. The third-order valence-electron chi connectivity index (χ3n) is 7.60. The van der Waals surface area contributed by atoms with Crippen LogP contribution in [0.4, 0.5) is 0 Å². The molecule has 0 fully saturated rings. The van der Waals surface area contributed by atoms with E-state index in [4.69, 9.17) is 0 Å². The minimum absolute atomic E-state index is 0.910. The Morgan fingerprint density at radius 1 is 0.576 bits per heavy atom. The summed E-state index contributed by atoms with van der Waals surface area (Å²) in [6, 6.07) is 0. The lowest BCUT2D eigenvalue weighted by molar-refractivity contribution is -0.696. The van der Waals surface area contributed by atoms with Crippen molar-refractivity contribution in [2.45, 2.75) is 175 Å². The minimum Gasteiger partial charge on any atom is -0.237 e. The third-order valence-corrected chi connectivity index (χ3v) is 7.60. The van der Waals surface area contributed by atoms with Crippen LogP contribution in [-0.2, 0) is 13.1 Å². The molecule has 194 valence electrons. The summed E-state index contributed by atoms with van der Waals surface area (Å²) in [5.74, 6) is 0.910. The molecule has 1 unspecified atom stereocenters. The molecule has 0 bridgehead atoms. The fourth-order valence-electron chi connectivity index (χ4n) is 5.11. The molecule has 0 aliphatic heterocycles. The number of aromatic nitrogens is 2. The predicted octanol–water partition coefficient (Wildman–Crippen LogP) is 10.0. The normalized spacial score (nSPS) is 12.5. The van der Waals surface area contributed by atoms with E-state index in [-0.39, 0.29) is 0 Å². The first-order valence-corrected chi connectivity index (χ1v) is 15.3. The van der Waals surface area contributed by atoms with Crippen LogP contribution in [0, 0.1) is 5.92 Å². The Kier molecular flexibility index (Phi) is 21.1. The lowest BCUT2D eigenvalue weighted by Crippen LogP contribution is -2.30. The van der Waals surface area contributed by atoms with Crippen molar-refractivity contribution in [2.24, 2.45) is 5.92 Å². The van der Waals surface area contributed by atoms with Crippen LogP contribution < -0.4 is 4.57 Å². The average molecular weight is 462 g/mol. The zero-order valence-corrected chi connectivity index (χ0v) is 23.2. The Bertz CT molecular complexity index is 507. The van der Waals surface area contributed by atoms with Crippen molar-refractivity contribution in [3.8, 4) is 0 Å². The maximum atomic E-state index is 2.41. The molecule has 0 aliphatic carbocycles. The number of hydrogen-bond acceptors (Lipinski definition) is 0. The second-order valence-corrected chi connectivity index (χ2v) is 10.8. The first-order chi connectivity index (χ1) is 16.3. The van der Waals surface area contributed by atoms with Gasteiger partial charge in [0.25, 0.3) is 0 Å². The molecule has 0 aromatic carbocycles. The van der Waals surface area contributed by atoms with Crippen molar-refractivity contribution in [1.29, 1.82) is 0 Å². The summed E-state index contributed by atoms with van der Waals surface area (Å²) in [5, 5.41) is 0. The summed E-state index contributed by atoms with van der Waals surface area (Å²) in [6.45, 7) is 9.36. The van der Waals surface area contributed by atoms with Crippen LogP contribution in [0.15, 0.2) is 18.7 Å². The standard InChI is InChI=1S/C31H61N2/c1-4-7-9-10-11-12-13-14-15-16-17-18-19-20-21-23-26-32-28-29-33(30-32)27-25-31(6-3)24-22-8-5-2/h28-31H,4-27H2,1-3H3/q+1. The molecule has 2 nitrogen and oxygen atoms in total. The minimum atomic E-state index is 0.910. The van der Waals surface area contributed by atoms with Crippen molar-refractivity contribution >= 4 is 0 Å². The van der Waals surface area contributed by atoms with E-state index in [0.29, 0.717) is 0 Å². The molecule has 0 saturated carbocycles. The smallest absolute Gasteiger partial charge is 0.237 e. The van der Waals surface area contributed by atoms with Gasteiger partial charge < -0.3 is 0 Å². The molecule has 1 heterocycles. The predicted molar refractivity (Wildman–Crippen MR) is 147 cm³/mol. The fourth-order valence-corrected chi connectivity index (χ4v) is 5.11. The van der Waals surface area contributed by atoms with E-state index in [1.807, 2.05) is 0 Å². The fraction of sp³-hybridized carbons (Fsp3) is 0.903. The number of hydrogen-bond donors (Lipinski definition) is 0. The van der Waals surface area contributed by atoms with Gasteiger partial charge in [-0.15, -0.1) is 0 Å². The summed E-state index contributed by atoms with van der Waals surface area (Å²) in [6.07, 6.45) is 38.3. The molecule has 0 N–H and O–H groups in total. The molecule has 2 heteroatoms. The van der Waals surface area contributed by atoms with Crippen molar-refractivity contribution in [3.63, 3.8) is 0 Å². The molecule has 0 radical (unpaired) electrons. The van der Waals surface area contributed by atoms with Gasteiger partial charge in [0.05, 0.1) is 13.1 Å². The molecule has 0 amide bonds. The first-order valence-electron chi connectivity index (χ1n) is 15.3. The topological polar surface area (TPSA) is 8.81 Å². The van der Waals surface area contributed by atoms with Crippen LogP contribution in [-0.4, -0.2) is 4.57 Å². The van der Waals surface area contributed by atoms with Gasteiger partial charge in [-0.2, -0.15) is 0 Å². The Hall–Kier alpha value is -0.790. The van der Waals surface area contributed by atoms with E-state index in [1.165, 1.54) is 154 Å². The van der Waals surface area contributed by atoms with E-state index < -0.39 is 0 Å². The van der Waals surface area contributed by atoms with Gasteiger partial charge in [-0.25, -0.2) is 9.13 Å². The summed E-state index contributed by atoms with van der Waals surface area (Å²) in [5.41, 5.74) is 0. The molecule has 0 saturated heterocycles. The number of nitrogens with zero attached hydrogens (tertiary/aromatic N) is 2. The highest BCUT2D eigenvalue weighted by Gasteiger charge is 2.09. The number of rotatable bonds is 25. The lowest BCUT2D eigenvalue weighted by atomic mass is 9.95. The van der Waals surface area contributed by atoms with Crippen LogP contribution in [0.5, 0.6) is 0 Å². The summed E-state index contributed by atoms with van der Waals surface area (Å²) >= 11 is 0. The maximum Gasteiger partial charge on any atom is 0.243 e. The zero-order valence-electron chi connectivity index (χ0n) is 23.2. The average Bonchev–Trinajstić information content (AvgIpc) is 3.28. The Morgan fingerprint density at radius 3 is 1.58 bits per heavy atom. The van der Waals surface area contributed by atoms with E-state index in [0.717, 1.165) is 5.92 Å². The molecule has 1 aromatic heterocycles. The SMILES string of the molecule is CCCCCCCCCCCCCCCCCC[n+]1ccn(CCC(CC)CCCCC)c1. The number of unbranched alkanes of at least 4 members (excludes halogenated alkanes) is 17. The molecule has 33 heavy (non-hydrogen) atoms. The van der Waals surface area contributed by atoms with Gasteiger partial charge >= 0.3 is 0 Å². The second-order valence-electron chi connectivity index (χ2n) is 10.8. The largest absolute Gasteiger partial charge is 0.243 e. The zero-order chi connectivity index (χ0) is 23.8. The highest BCUT2D eigenvalue weighted by molar-refractivity contribution is 4.68. The highest BCUT2D eigenvalue weighted by atomic mass is 15.1. The Balaban J connectivity index is 1.90. The van der Waals surface area contributed by atoms with E-state index in [2.05, 4.69) is 48.6 Å². The highest BCUT2D eigenvalue weighted by Crippen LogP contribution is 2.18. The third kappa shape index (κ3) is 18.2. The van der Waals surface area contributed by atoms with Crippen molar-refractivity contribution in [1.82, 2.24) is 4.57 Å². The monoisotopic (exact) mass is 461 g/mol. The van der Waals surface area contributed by atoms with Crippen LogP contribution >= 0.6 is 0 Å². The summed E-state index contributed by atoms with van der Waals surface area (Å²) < 4.78 is 4.82. The Morgan fingerprint density at radius 2 is 1.06 bits per heavy atom. The molecule has 1 rings (SSSR count). The van der Waals surface area contributed by atoms with E-state index in [9.17, 15) is 0 Å². The number of aryl methyl sites for hydroxylation is 2. The molecule has 0 spiro atoms. The van der Waals surface area contributed by atoms with Gasteiger partial charge in [0.2, 0.25) is 6.33 Å². The van der Waals surface area contributed by atoms with Gasteiger partial charge in [0, 0.05) is 0 Å². The quantitative estimate of drug-likeness (QED) is 0.101. The van der Waals surface area contributed by atoms with Crippen molar-refractivity contribution in [2.75, 3.05) is 0 Å². The summed E-state index contributed by atoms with van der Waals surface area (Å²) in [7, 11) is 0. The molecular formula is C31H61N2+. The van der Waals surface area contributed by atoms with Crippen LogP contribution in [0.1, 0.15) is 162 Å². The van der Waals surface area contributed by atoms with Gasteiger partial charge in [-0.3, -0.25) is 0 Å². The molecule has 0 aliphatic rings. The van der Waals surface area contributed by atoms with E-state index in [1.54, 1.807) is 0 Å².